The average Bonchev–Trinajstić information content (AvgIpc) is 3.12. The van der Waals surface area contributed by atoms with Crippen LogP contribution in [-0.4, -0.2) is 61.9 Å². The number of oxime groups is 1. The molecule has 2 aliphatic heterocycles. The van der Waals surface area contributed by atoms with Crippen LogP contribution >= 0.6 is 0 Å². The highest BCUT2D eigenvalue weighted by atomic mass is 16.6. The van der Waals surface area contributed by atoms with Crippen LogP contribution < -0.4 is 11.3 Å². The molecule has 226 valence electrons. The van der Waals surface area contributed by atoms with E-state index in [0.717, 1.165) is 43.0 Å². The van der Waals surface area contributed by atoms with Gasteiger partial charge in [0, 0.05) is 30.6 Å². The summed E-state index contributed by atoms with van der Waals surface area (Å²) in [5, 5.41) is 13.3. The Morgan fingerprint density at radius 1 is 0.905 bits per heavy atom. The lowest BCUT2D eigenvalue weighted by atomic mass is 9.73. The molecule has 2 aromatic rings. The zero-order valence-electron chi connectivity index (χ0n) is 24.3. The smallest absolute Gasteiger partial charge is 0.303 e. The number of aromatic nitrogens is 2. The van der Waals surface area contributed by atoms with Gasteiger partial charge in [-0.05, 0) is 68.9 Å². The summed E-state index contributed by atoms with van der Waals surface area (Å²) in [5.74, 6) is -0.00849. The SMILES string of the molecule is NC(=O)CON=C(CCC(=O)O)c1nc2ccccc2n(C2CC3CCC[C@H](C2)N3C2CC3CCCCC(C3)C2)c1=O. The van der Waals surface area contributed by atoms with Crippen LogP contribution in [0, 0.1) is 11.8 Å². The molecular weight excluding hydrogens is 534 g/mol. The van der Waals surface area contributed by atoms with E-state index in [0.29, 0.717) is 23.6 Å². The number of benzene rings is 1. The summed E-state index contributed by atoms with van der Waals surface area (Å²) in [6, 6.07) is 9.19. The topological polar surface area (TPSA) is 140 Å². The lowest BCUT2D eigenvalue weighted by molar-refractivity contribution is -0.136. The van der Waals surface area contributed by atoms with Gasteiger partial charge in [0.15, 0.2) is 12.3 Å². The normalized spacial score (nSPS) is 30.0. The first-order valence-electron chi connectivity index (χ1n) is 15.9. The first-order chi connectivity index (χ1) is 20.4. The molecule has 1 amide bonds. The molecule has 0 spiro atoms. The molecule has 6 rings (SSSR count). The Bertz CT molecular complexity index is 1380. The number of para-hydroxylation sites is 2. The molecule has 4 aliphatic rings. The van der Waals surface area contributed by atoms with Crippen LogP contribution in [-0.2, 0) is 14.4 Å². The number of carbonyl (C=O) groups excluding carboxylic acids is 1. The van der Waals surface area contributed by atoms with Crippen molar-refractivity contribution < 1.29 is 19.5 Å². The Balaban J connectivity index is 1.34. The van der Waals surface area contributed by atoms with Gasteiger partial charge in [0.1, 0.15) is 5.71 Å². The summed E-state index contributed by atoms with van der Waals surface area (Å²) in [5.41, 5.74) is 6.52. The van der Waals surface area contributed by atoms with Crippen molar-refractivity contribution in [1.82, 2.24) is 14.5 Å². The van der Waals surface area contributed by atoms with Gasteiger partial charge in [0.2, 0.25) is 0 Å². The standard InChI is InChI=1S/C32H43N5O5/c33-29(38)19-42-35-27(12-13-30(39)40)31-32(41)37(28-11-4-3-10-26(28)34-31)25-17-22-8-5-9-23(18-25)36(22)24-15-20-6-1-2-7-21(14-20)16-24/h3-4,10-11,20-25H,1-2,5-9,12-19H2,(H2,33,38)(H,39,40)/t20?,21?,22-,23?,24?,25?/m1/s1. The second-order valence-corrected chi connectivity index (χ2v) is 13.0. The van der Waals surface area contributed by atoms with E-state index in [1.165, 1.54) is 51.4 Å². The molecule has 4 bridgehead atoms. The lowest BCUT2D eigenvalue weighted by Crippen LogP contribution is -2.58. The number of carbonyl (C=O) groups is 2. The van der Waals surface area contributed by atoms with E-state index in [1.807, 2.05) is 28.8 Å². The Kier molecular flexibility index (Phi) is 8.60. The van der Waals surface area contributed by atoms with Crippen molar-refractivity contribution >= 4 is 28.6 Å². The van der Waals surface area contributed by atoms with E-state index >= 15 is 0 Å². The molecule has 3 N–H and O–H groups in total. The van der Waals surface area contributed by atoms with Gasteiger partial charge in [-0.1, -0.05) is 49.4 Å². The molecule has 10 nitrogen and oxygen atoms in total. The maximum atomic E-state index is 14.3. The largest absolute Gasteiger partial charge is 0.481 e. The van der Waals surface area contributed by atoms with E-state index in [2.05, 4.69) is 15.0 Å². The molecule has 4 unspecified atom stereocenters. The number of aliphatic carboxylic acids is 1. The van der Waals surface area contributed by atoms with Crippen LogP contribution in [0.3, 0.4) is 0 Å². The highest BCUT2D eigenvalue weighted by Gasteiger charge is 2.45. The minimum Gasteiger partial charge on any atom is -0.481 e. The summed E-state index contributed by atoms with van der Waals surface area (Å²) < 4.78 is 1.89. The minimum absolute atomic E-state index is 0.00818. The van der Waals surface area contributed by atoms with Crippen molar-refractivity contribution in [2.45, 2.75) is 114 Å². The van der Waals surface area contributed by atoms with E-state index in [4.69, 9.17) is 10.6 Å². The Morgan fingerprint density at radius 2 is 1.60 bits per heavy atom. The van der Waals surface area contributed by atoms with Crippen molar-refractivity contribution in [3.63, 3.8) is 0 Å². The molecular formula is C32H43N5O5. The van der Waals surface area contributed by atoms with Crippen molar-refractivity contribution in [1.29, 1.82) is 0 Å². The summed E-state index contributed by atoms with van der Waals surface area (Å²) in [6.45, 7) is -0.469. The van der Waals surface area contributed by atoms with Gasteiger partial charge in [-0.25, -0.2) is 4.98 Å². The molecule has 10 heteroatoms. The molecule has 2 saturated carbocycles. The maximum Gasteiger partial charge on any atom is 0.303 e. The first-order valence-corrected chi connectivity index (χ1v) is 15.9. The molecule has 42 heavy (non-hydrogen) atoms. The van der Waals surface area contributed by atoms with Crippen molar-refractivity contribution in [2.75, 3.05) is 6.61 Å². The maximum absolute atomic E-state index is 14.3. The van der Waals surface area contributed by atoms with E-state index in [-0.39, 0.29) is 35.8 Å². The molecule has 1 aromatic heterocycles. The quantitative estimate of drug-likeness (QED) is 0.333. The second kappa shape index (κ2) is 12.5. The summed E-state index contributed by atoms with van der Waals surface area (Å²) in [6.07, 6.45) is 14.7. The summed E-state index contributed by atoms with van der Waals surface area (Å²) >= 11 is 0. The van der Waals surface area contributed by atoms with Crippen molar-refractivity contribution in [3.8, 4) is 0 Å². The van der Waals surface area contributed by atoms with Crippen LogP contribution in [0.15, 0.2) is 34.2 Å². The summed E-state index contributed by atoms with van der Waals surface area (Å²) in [4.78, 5) is 49.5. The van der Waals surface area contributed by atoms with Gasteiger partial charge in [-0.2, -0.15) is 0 Å². The third-order valence-electron chi connectivity index (χ3n) is 10.2. The fourth-order valence-electron chi connectivity index (χ4n) is 8.62. The lowest BCUT2D eigenvalue weighted by Gasteiger charge is -2.54. The number of hydrogen-bond donors (Lipinski definition) is 2. The fourth-order valence-corrected chi connectivity index (χ4v) is 8.62. The highest BCUT2D eigenvalue weighted by Crippen LogP contribution is 2.47. The number of nitrogens with two attached hydrogens (primary N) is 1. The van der Waals surface area contributed by atoms with E-state index < -0.39 is 18.5 Å². The van der Waals surface area contributed by atoms with Gasteiger partial charge in [0.25, 0.3) is 11.5 Å². The molecule has 1 aromatic carbocycles. The van der Waals surface area contributed by atoms with E-state index in [1.54, 1.807) is 0 Å². The first kappa shape index (κ1) is 28.8. The Morgan fingerprint density at radius 3 is 2.26 bits per heavy atom. The highest BCUT2D eigenvalue weighted by molar-refractivity contribution is 6.00. The fraction of sp³-hybridized carbons (Fsp3) is 0.656. The third-order valence-corrected chi connectivity index (χ3v) is 10.2. The number of fused-ring (bicyclic) bond motifs is 5. The van der Waals surface area contributed by atoms with Crippen LogP contribution in [0.4, 0.5) is 0 Å². The third kappa shape index (κ3) is 6.09. The second-order valence-electron chi connectivity index (χ2n) is 13.0. The van der Waals surface area contributed by atoms with Gasteiger partial charge in [0.05, 0.1) is 17.5 Å². The van der Waals surface area contributed by atoms with Gasteiger partial charge >= 0.3 is 5.97 Å². The minimum atomic E-state index is -1.03. The number of amides is 1. The number of hydrogen-bond acceptors (Lipinski definition) is 7. The number of carboxylic acids is 1. The van der Waals surface area contributed by atoms with Crippen LogP contribution in [0.1, 0.15) is 102 Å². The predicted molar refractivity (Wildman–Crippen MR) is 159 cm³/mol. The zero-order chi connectivity index (χ0) is 29.2. The molecule has 4 fully saturated rings. The van der Waals surface area contributed by atoms with Gasteiger partial charge in [-0.15, -0.1) is 0 Å². The summed E-state index contributed by atoms with van der Waals surface area (Å²) in [7, 11) is 0. The van der Waals surface area contributed by atoms with Crippen LogP contribution in [0.2, 0.25) is 0 Å². The van der Waals surface area contributed by atoms with Crippen molar-refractivity contribution in [3.05, 3.63) is 40.3 Å². The van der Waals surface area contributed by atoms with E-state index in [9.17, 15) is 19.5 Å². The zero-order valence-corrected chi connectivity index (χ0v) is 24.3. The molecule has 2 aliphatic carbocycles. The van der Waals surface area contributed by atoms with Crippen LogP contribution in [0.5, 0.6) is 0 Å². The van der Waals surface area contributed by atoms with Gasteiger partial charge in [-0.3, -0.25) is 19.3 Å². The average molecular weight is 578 g/mol. The number of primary amides is 1. The number of rotatable bonds is 9. The monoisotopic (exact) mass is 577 g/mol. The Labute approximate surface area is 246 Å². The molecule has 2 saturated heterocycles. The Hall–Kier alpha value is -3.27. The number of nitrogens with zero attached hydrogens (tertiary/aromatic N) is 4. The molecule has 5 atom stereocenters. The van der Waals surface area contributed by atoms with Gasteiger partial charge < -0.3 is 20.2 Å². The predicted octanol–water partition coefficient (Wildman–Crippen LogP) is 4.38. The number of carboxylic acid groups (broad SMARTS) is 1. The number of piperidine rings is 2. The van der Waals surface area contributed by atoms with Crippen molar-refractivity contribution in [2.24, 2.45) is 22.7 Å². The molecule has 0 radical (unpaired) electrons. The van der Waals surface area contributed by atoms with Crippen LogP contribution in [0.25, 0.3) is 11.0 Å². The molecule has 3 heterocycles.